The Kier molecular flexibility index (Phi) is 7.51. The van der Waals surface area contributed by atoms with Gasteiger partial charge in [0.25, 0.3) is 0 Å². The van der Waals surface area contributed by atoms with Gasteiger partial charge < -0.3 is 19.4 Å². The monoisotopic (exact) mass is 532 g/mol. The molecule has 2 aliphatic heterocycles. The number of aliphatic hydroxyl groups excluding tert-OH is 2. The minimum atomic E-state index is -0.388. The van der Waals surface area contributed by atoms with E-state index in [1.165, 1.54) is 0 Å². The molecule has 2 aliphatic carbocycles. The molecule has 2 aromatic heterocycles. The van der Waals surface area contributed by atoms with Gasteiger partial charge in [0, 0.05) is 18.2 Å². The molecule has 39 heavy (non-hydrogen) atoms. The maximum Gasteiger partial charge on any atom is 0.234 e. The molecule has 2 amide bonds. The molecular formula is C31H36N2O6. The lowest BCUT2D eigenvalue weighted by atomic mass is 9.69. The van der Waals surface area contributed by atoms with Crippen molar-refractivity contribution in [3.05, 3.63) is 64.9 Å². The molecule has 0 spiro atoms. The first-order valence-electron chi connectivity index (χ1n) is 14.2. The van der Waals surface area contributed by atoms with Crippen molar-refractivity contribution in [3.8, 4) is 0 Å². The summed E-state index contributed by atoms with van der Waals surface area (Å²) in [4.78, 5) is 33.3. The second-order valence-electron chi connectivity index (χ2n) is 11.2. The average molecular weight is 533 g/mol. The van der Waals surface area contributed by atoms with Gasteiger partial charge in [-0.3, -0.25) is 19.5 Å². The maximum atomic E-state index is 13.7. The molecule has 0 aromatic carbocycles. The molecule has 3 fully saturated rings. The van der Waals surface area contributed by atoms with E-state index in [0.29, 0.717) is 37.4 Å². The molecule has 1 saturated carbocycles. The number of imide groups is 1. The number of carbonyl (C=O) groups is 2. The summed E-state index contributed by atoms with van der Waals surface area (Å²) >= 11 is 0. The number of ether oxygens (including phenoxy) is 1. The average Bonchev–Trinajstić information content (AvgIpc) is 3.68. The standard InChI is InChI=1S/C31H36N2O6/c34-16-20-15-24-29(31(37)33(30(24)36)21-6-2-1-3-7-21)25-18-38-27(28(20)25)12-9-19(26-8-4-5-13-32-26)14-22-10-11-23(17-35)39-22/h4-5,8,10-11,13-14,21,24-25,27,29,34-35H,1-3,6-7,9,12,15-18H2/b19-14-/t24-,25+,27-,29-/m1/s1. The molecule has 6 rings (SSSR count). The zero-order valence-corrected chi connectivity index (χ0v) is 22.1. The molecule has 4 heterocycles. The van der Waals surface area contributed by atoms with Crippen LogP contribution in [0.15, 0.2) is 52.1 Å². The fourth-order valence-electron chi connectivity index (χ4n) is 7.18. The largest absolute Gasteiger partial charge is 0.459 e. The van der Waals surface area contributed by atoms with Crippen molar-refractivity contribution < 1.29 is 29.0 Å². The van der Waals surface area contributed by atoms with Crippen LogP contribution in [-0.4, -0.2) is 57.3 Å². The van der Waals surface area contributed by atoms with E-state index in [0.717, 1.165) is 54.5 Å². The topological polar surface area (TPSA) is 113 Å². The molecule has 206 valence electrons. The minimum absolute atomic E-state index is 0.0162. The van der Waals surface area contributed by atoms with Crippen LogP contribution in [0, 0.1) is 17.8 Å². The van der Waals surface area contributed by atoms with Gasteiger partial charge in [-0.1, -0.05) is 25.3 Å². The van der Waals surface area contributed by atoms with E-state index in [1.54, 1.807) is 17.2 Å². The van der Waals surface area contributed by atoms with E-state index in [4.69, 9.17) is 9.15 Å². The van der Waals surface area contributed by atoms with Gasteiger partial charge in [-0.25, -0.2) is 0 Å². The number of furan rings is 1. The second kappa shape index (κ2) is 11.2. The number of pyridine rings is 1. The van der Waals surface area contributed by atoms with Crippen molar-refractivity contribution in [2.75, 3.05) is 13.2 Å². The third-order valence-corrected chi connectivity index (χ3v) is 9.00. The molecule has 0 bridgehead atoms. The van der Waals surface area contributed by atoms with Gasteiger partial charge in [0.2, 0.25) is 11.8 Å². The van der Waals surface area contributed by atoms with Gasteiger partial charge >= 0.3 is 0 Å². The Hall–Kier alpha value is -3.07. The number of carbonyl (C=O) groups excluding carboxylic acids is 2. The number of allylic oxidation sites excluding steroid dienone is 1. The van der Waals surface area contributed by atoms with Crippen molar-refractivity contribution in [3.63, 3.8) is 0 Å². The third kappa shape index (κ3) is 4.90. The summed E-state index contributed by atoms with van der Waals surface area (Å²) in [6.45, 7) is 0.103. The van der Waals surface area contributed by atoms with Crippen LogP contribution in [0.5, 0.6) is 0 Å². The lowest BCUT2D eigenvalue weighted by Gasteiger charge is -2.31. The SMILES string of the molecule is O=C1[C@@H]2[C@@H](CC(CO)=C3[C@@H](CC/C(=C/c4ccc(CO)o4)c4ccccn4)OC[C@@H]32)C(=O)N1C1CCCCC1. The van der Waals surface area contributed by atoms with E-state index in [-0.39, 0.29) is 54.9 Å². The maximum absolute atomic E-state index is 13.7. The normalized spacial score (nSPS) is 27.8. The van der Waals surface area contributed by atoms with Crippen LogP contribution < -0.4 is 0 Å². The number of aliphatic hydroxyl groups is 2. The van der Waals surface area contributed by atoms with Gasteiger partial charge in [-0.05, 0) is 79.2 Å². The highest BCUT2D eigenvalue weighted by molar-refractivity contribution is 6.06. The lowest BCUT2D eigenvalue weighted by Crippen LogP contribution is -2.42. The Morgan fingerprint density at radius 1 is 1.03 bits per heavy atom. The summed E-state index contributed by atoms with van der Waals surface area (Å²) in [5, 5.41) is 19.7. The molecule has 0 radical (unpaired) electrons. The van der Waals surface area contributed by atoms with Gasteiger partial charge in [0.15, 0.2) is 0 Å². The Balaban J connectivity index is 1.24. The number of hydrogen-bond donors (Lipinski definition) is 2. The van der Waals surface area contributed by atoms with Crippen LogP contribution in [0.1, 0.15) is 68.6 Å². The highest BCUT2D eigenvalue weighted by Gasteiger charge is 2.58. The first-order valence-corrected chi connectivity index (χ1v) is 14.2. The number of fused-ring (bicyclic) bond motifs is 3. The fourth-order valence-corrected chi connectivity index (χ4v) is 7.18. The minimum Gasteiger partial charge on any atom is -0.459 e. The first kappa shape index (κ1) is 26.2. The van der Waals surface area contributed by atoms with Gasteiger partial charge in [-0.15, -0.1) is 0 Å². The van der Waals surface area contributed by atoms with Crippen LogP contribution in [-0.2, 0) is 20.9 Å². The Bertz CT molecular complexity index is 1280. The molecule has 2 saturated heterocycles. The van der Waals surface area contributed by atoms with E-state index in [2.05, 4.69) is 4.98 Å². The number of nitrogens with zero attached hydrogens (tertiary/aromatic N) is 2. The highest BCUT2D eigenvalue weighted by Crippen LogP contribution is 2.50. The molecular weight excluding hydrogens is 496 g/mol. The van der Waals surface area contributed by atoms with E-state index in [1.807, 2.05) is 30.3 Å². The summed E-state index contributed by atoms with van der Waals surface area (Å²) in [5.41, 5.74) is 3.68. The smallest absolute Gasteiger partial charge is 0.234 e. The molecule has 2 N–H and O–H groups in total. The van der Waals surface area contributed by atoms with E-state index in [9.17, 15) is 19.8 Å². The summed E-state index contributed by atoms with van der Waals surface area (Å²) < 4.78 is 12.0. The number of aromatic nitrogens is 1. The molecule has 4 aliphatic rings. The van der Waals surface area contributed by atoms with Crippen molar-refractivity contribution >= 4 is 23.5 Å². The first-order chi connectivity index (χ1) is 19.1. The lowest BCUT2D eigenvalue weighted by molar-refractivity contribution is -0.143. The van der Waals surface area contributed by atoms with Crippen LogP contribution in [0.3, 0.4) is 0 Å². The number of hydrogen-bond acceptors (Lipinski definition) is 7. The Labute approximate surface area is 228 Å². The van der Waals surface area contributed by atoms with Crippen LogP contribution >= 0.6 is 0 Å². The molecule has 8 heteroatoms. The van der Waals surface area contributed by atoms with Crippen molar-refractivity contribution in [2.45, 2.75) is 70.1 Å². The van der Waals surface area contributed by atoms with E-state index < -0.39 is 0 Å². The summed E-state index contributed by atoms with van der Waals surface area (Å²) in [7, 11) is 0. The van der Waals surface area contributed by atoms with Gasteiger partial charge in [0.1, 0.15) is 18.1 Å². The second-order valence-corrected chi connectivity index (χ2v) is 11.2. The highest BCUT2D eigenvalue weighted by atomic mass is 16.5. The van der Waals surface area contributed by atoms with Crippen molar-refractivity contribution in [2.24, 2.45) is 17.8 Å². The molecule has 4 atom stereocenters. The number of amides is 2. The summed E-state index contributed by atoms with van der Waals surface area (Å²) in [5.74, 6) is 0.107. The van der Waals surface area contributed by atoms with Crippen molar-refractivity contribution in [1.29, 1.82) is 0 Å². The summed E-state index contributed by atoms with van der Waals surface area (Å²) in [6, 6.07) is 9.35. The zero-order valence-electron chi connectivity index (χ0n) is 22.1. The Morgan fingerprint density at radius 3 is 2.59 bits per heavy atom. The van der Waals surface area contributed by atoms with E-state index >= 15 is 0 Å². The van der Waals surface area contributed by atoms with Crippen molar-refractivity contribution in [1.82, 2.24) is 9.88 Å². The van der Waals surface area contributed by atoms with Crippen LogP contribution in [0.2, 0.25) is 0 Å². The van der Waals surface area contributed by atoms with Crippen LogP contribution in [0.4, 0.5) is 0 Å². The number of likely N-dealkylation sites (tertiary alicyclic amines) is 1. The zero-order chi connectivity index (χ0) is 26.9. The predicted octanol–water partition coefficient (Wildman–Crippen LogP) is 4.13. The molecule has 2 aromatic rings. The molecule has 0 unspecified atom stereocenters. The summed E-state index contributed by atoms with van der Waals surface area (Å²) in [6.07, 6.45) is 10.2. The quantitative estimate of drug-likeness (QED) is 0.388. The van der Waals surface area contributed by atoms with Gasteiger partial charge in [0.05, 0.1) is 36.8 Å². The number of rotatable bonds is 8. The predicted molar refractivity (Wildman–Crippen MR) is 144 cm³/mol. The fraction of sp³-hybridized carbons (Fsp3) is 0.516. The third-order valence-electron chi connectivity index (χ3n) is 9.00. The van der Waals surface area contributed by atoms with Gasteiger partial charge in [-0.2, -0.15) is 0 Å². The Morgan fingerprint density at radius 2 is 1.87 bits per heavy atom. The molecule has 8 nitrogen and oxygen atoms in total. The van der Waals surface area contributed by atoms with Crippen LogP contribution in [0.25, 0.3) is 11.6 Å².